The van der Waals surface area contributed by atoms with Gasteiger partial charge >= 0.3 is 6.09 Å². The minimum atomic E-state index is -0.548. The van der Waals surface area contributed by atoms with Crippen molar-refractivity contribution in [3.05, 3.63) is 46.5 Å². The molecule has 1 fully saturated rings. The van der Waals surface area contributed by atoms with E-state index in [9.17, 15) is 14.4 Å². The molecule has 1 aromatic heterocycles. The van der Waals surface area contributed by atoms with E-state index in [1.807, 2.05) is 71.9 Å². The molecule has 0 spiro atoms. The zero-order valence-electron chi connectivity index (χ0n) is 22.8. The van der Waals surface area contributed by atoms with Crippen LogP contribution in [0.25, 0.3) is 0 Å². The van der Waals surface area contributed by atoms with E-state index < -0.39 is 5.60 Å². The number of carbonyl (C=O) groups is 3. The number of nitrogens with zero attached hydrogens (tertiary/aromatic N) is 2. The first kappa shape index (κ1) is 28.6. The van der Waals surface area contributed by atoms with E-state index >= 15 is 0 Å². The van der Waals surface area contributed by atoms with Crippen LogP contribution in [0.1, 0.15) is 88.8 Å². The van der Waals surface area contributed by atoms with Crippen molar-refractivity contribution in [2.45, 2.75) is 90.7 Å². The van der Waals surface area contributed by atoms with Crippen LogP contribution in [0.4, 0.5) is 9.93 Å². The zero-order chi connectivity index (χ0) is 27.2. The second kappa shape index (κ2) is 12.5. The number of nitrogens with one attached hydrogen (secondary N) is 2. The van der Waals surface area contributed by atoms with Crippen LogP contribution in [0.15, 0.2) is 30.3 Å². The largest absolute Gasteiger partial charge is 0.444 e. The Kier molecular flexibility index (Phi) is 9.70. The first-order chi connectivity index (χ1) is 17.6. The van der Waals surface area contributed by atoms with Crippen LogP contribution in [0.2, 0.25) is 0 Å². The summed E-state index contributed by atoms with van der Waals surface area (Å²) in [6, 6.07) is 9.53. The maximum Gasteiger partial charge on any atom is 0.410 e. The van der Waals surface area contributed by atoms with E-state index in [0.29, 0.717) is 24.6 Å². The number of hydrogen-bond donors (Lipinski definition) is 2. The number of fused-ring (bicyclic) bond motifs is 1. The fourth-order valence-corrected chi connectivity index (χ4v) is 5.57. The summed E-state index contributed by atoms with van der Waals surface area (Å²) in [5, 5.41) is 6.60. The van der Waals surface area contributed by atoms with Crippen molar-refractivity contribution >= 4 is 34.4 Å². The molecule has 0 bridgehead atoms. The standard InChI is InChI=1S/C26H34N4O4S.C2H6/c1-16(17-9-6-5-7-10-17)22(31)29-24-28-21-19(11-8-12-20(21)35-24)23(32)27-18-13-14-30(15-18)25(33)34-26(2,3)4;1-2/h5-7,9-10,16,18-19H,8,11-15H2,1-4H3,(H,27,32)(H,28,29,31);1-2H3. The van der Waals surface area contributed by atoms with Gasteiger partial charge in [-0.3, -0.25) is 9.59 Å². The SMILES string of the molecule is CC.CC(C(=O)Nc1nc2c(s1)CCCC2C(=O)NC1CCN(C(=O)OC(C)(C)C)C1)c1ccccc1. The number of ether oxygens (including phenoxy) is 1. The number of likely N-dealkylation sites (tertiary alicyclic amines) is 1. The second-order valence-electron chi connectivity index (χ2n) is 10.3. The fraction of sp³-hybridized carbons (Fsp3) is 0.571. The lowest BCUT2D eigenvalue weighted by atomic mass is 9.90. The summed E-state index contributed by atoms with van der Waals surface area (Å²) in [5.41, 5.74) is 1.16. The first-order valence-electron chi connectivity index (χ1n) is 13.2. The summed E-state index contributed by atoms with van der Waals surface area (Å²) < 4.78 is 5.45. The monoisotopic (exact) mass is 528 g/mol. The highest BCUT2D eigenvalue weighted by Gasteiger charge is 2.35. The maximum atomic E-state index is 13.2. The minimum absolute atomic E-state index is 0.0668. The number of aryl methyl sites for hydroxylation is 1. The van der Waals surface area contributed by atoms with Crippen molar-refractivity contribution in [3.63, 3.8) is 0 Å². The Hall–Kier alpha value is -2.94. The molecule has 4 rings (SSSR count). The number of hydrogen-bond acceptors (Lipinski definition) is 6. The summed E-state index contributed by atoms with van der Waals surface area (Å²) in [7, 11) is 0. The molecule has 2 N–H and O–H groups in total. The van der Waals surface area contributed by atoms with Gasteiger partial charge in [0.05, 0.1) is 17.5 Å². The number of aromatic nitrogens is 1. The van der Waals surface area contributed by atoms with Crippen molar-refractivity contribution in [2.24, 2.45) is 0 Å². The molecular weight excluding hydrogens is 488 g/mol. The molecule has 3 atom stereocenters. The van der Waals surface area contributed by atoms with Crippen LogP contribution < -0.4 is 10.6 Å². The van der Waals surface area contributed by atoms with E-state index in [-0.39, 0.29) is 35.8 Å². The molecule has 37 heavy (non-hydrogen) atoms. The average Bonchev–Trinajstić information content (AvgIpc) is 3.50. The van der Waals surface area contributed by atoms with Gasteiger partial charge in [0.15, 0.2) is 5.13 Å². The molecule has 8 nitrogen and oxygen atoms in total. The summed E-state index contributed by atoms with van der Waals surface area (Å²) >= 11 is 1.46. The molecule has 1 aromatic carbocycles. The summed E-state index contributed by atoms with van der Waals surface area (Å²) in [6.07, 6.45) is 2.82. The topological polar surface area (TPSA) is 101 Å². The lowest BCUT2D eigenvalue weighted by Crippen LogP contribution is -2.42. The van der Waals surface area contributed by atoms with Crippen molar-refractivity contribution in [3.8, 4) is 0 Å². The molecule has 1 saturated heterocycles. The van der Waals surface area contributed by atoms with Crippen molar-refractivity contribution in [1.82, 2.24) is 15.2 Å². The van der Waals surface area contributed by atoms with Crippen molar-refractivity contribution in [2.75, 3.05) is 18.4 Å². The Morgan fingerprint density at radius 2 is 1.84 bits per heavy atom. The summed E-state index contributed by atoms with van der Waals surface area (Å²) in [6.45, 7) is 12.4. The Morgan fingerprint density at radius 1 is 1.14 bits per heavy atom. The van der Waals surface area contributed by atoms with Crippen LogP contribution in [-0.2, 0) is 20.7 Å². The maximum absolute atomic E-state index is 13.2. The number of carbonyl (C=O) groups excluding carboxylic acids is 3. The highest BCUT2D eigenvalue weighted by molar-refractivity contribution is 7.15. The molecule has 2 aliphatic rings. The van der Waals surface area contributed by atoms with E-state index in [4.69, 9.17) is 4.74 Å². The smallest absolute Gasteiger partial charge is 0.410 e. The number of thiazole rings is 1. The van der Waals surface area contributed by atoms with Crippen LogP contribution in [0, 0.1) is 0 Å². The highest BCUT2D eigenvalue weighted by atomic mass is 32.1. The van der Waals surface area contributed by atoms with Gasteiger partial charge in [-0.2, -0.15) is 0 Å². The third kappa shape index (κ3) is 7.53. The molecule has 2 aromatic rings. The normalized spacial score (nSPS) is 19.7. The van der Waals surface area contributed by atoms with Gasteiger partial charge in [-0.15, -0.1) is 11.3 Å². The molecule has 0 radical (unpaired) electrons. The van der Waals surface area contributed by atoms with Crippen LogP contribution >= 0.6 is 11.3 Å². The molecular formula is C28H40N4O4S. The van der Waals surface area contributed by atoms with Gasteiger partial charge in [-0.1, -0.05) is 44.2 Å². The van der Waals surface area contributed by atoms with Crippen LogP contribution in [0.5, 0.6) is 0 Å². The Bertz CT molecular complexity index is 1080. The van der Waals surface area contributed by atoms with Gasteiger partial charge in [-0.25, -0.2) is 9.78 Å². The molecule has 202 valence electrons. The van der Waals surface area contributed by atoms with Gasteiger partial charge in [0.1, 0.15) is 5.60 Å². The lowest BCUT2D eigenvalue weighted by Gasteiger charge is -2.25. The Labute approximate surface area is 224 Å². The number of anilines is 1. The third-order valence-corrected chi connectivity index (χ3v) is 7.43. The van der Waals surface area contributed by atoms with Gasteiger partial charge in [0.2, 0.25) is 11.8 Å². The summed E-state index contributed by atoms with van der Waals surface area (Å²) in [5.74, 6) is -0.825. The van der Waals surface area contributed by atoms with Gasteiger partial charge in [0, 0.05) is 24.0 Å². The molecule has 1 aliphatic heterocycles. The minimum Gasteiger partial charge on any atom is -0.444 e. The van der Waals surface area contributed by atoms with Crippen molar-refractivity contribution in [1.29, 1.82) is 0 Å². The molecule has 2 heterocycles. The number of rotatable bonds is 5. The third-order valence-electron chi connectivity index (χ3n) is 6.38. The van der Waals surface area contributed by atoms with E-state index in [2.05, 4.69) is 15.6 Å². The van der Waals surface area contributed by atoms with Gasteiger partial charge < -0.3 is 20.3 Å². The van der Waals surface area contributed by atoms with Crippen molar-refractivity contribution < 1.29 is 19.1 Å². The average molecular weight is 529 g/mol. The van der Waals surface area contributed by atoms with Gasteiger partial charge in [-0.05, 0) is 58.9 Å². The Morgan fingerprint density at radius 3 is 2.51 bits per heavy atom. The molecule has 1 aliphatic carbocycles. The van der Waals surface area contributed by atoms with E-state index in [1.165, 1.54) is 11.3 Å². The molecule has 3 amide bonds. The molecule has 3 unspecified atom stereocenters. The van der Waals surface area contributed by atoms with Crippen LogP contribution in [-0.4, -0.2) is 52.5 Å². The zero-order valence-corrected chi connectivity index (χ0v) is 23.6. The number of benzene rings is 1. The molecule has 0 saturated carbocycles. The first-order valence-corrected chi connectivity index (χ1v) is 14.1. The highest BCUT2D eigenvalue weighted by Crippen LogP contribution is 2.37. The predicted octanol–water partition coefficient (Wildman–Crippen LogP) is 5.46. The predicted molar refractivity (Wildman–Crippen MR) is 147 cm³/mol. The summed E-state index contributed by atoms with van der Waals surface area (Å²) in [4.78, 5) is 45.7. The quantitative estimate of drug-likeness (QED) is 0.537. The van der Waals surface area contributed by atoms with Gasteiger partial charge in [0.25, 0.3) is 0 Å². The van der Waals surface area contributed by atoms with E-state index in [0.717, 1.165) is 35.4 Å². The number of amides is 3. The fourth-order valence-electron chi connectivity index (χ4n) is 4.51. The lowest BCUT2D eigenvalue weighted by molar-refractivity contribution is -0.123. The van der Waals surface area contributed by atoms with E-state index in [1.54, 1.807) is 4.90 Å². The molecule has 9 heteroatoms. The Balaban J connectivity index is 0.00000186. The van der Waals surface area contributed by atoms with Crippen LogP contribution in [0.3, 0.4) is 0 Å². The second-order valence-corrected chi connectivity index (χ2v) is 11.4.